The smallest absolute Gasteiger partial charge is 0.161 e. The van der Waals surface area contributed by atoms with Crippen molar-refractivity contribution in [1.82, 2.24) is 9.78 Å². The van der Waals surface area contributed by atoms with Gasteiger partial charge in [-0.05, 0) is 30.2 Å². The fraction of sp³-hybridized carbons (Fsp3) is 0.400. The van der Waals surface area contributed by atoms with Crippen LogP contribution in [0.2, 0.25) is 0 Å². The van der Waals surface area contributed by atoms with Crippen LogP contribution < -0.4 is 15.2 Å². The van der Waals surface area contributed by atoms with Crippen molar-refractivity contribution in [2.24, 2.45) is 5.73 Å². The van der Waals surface area contributed by atoms with Crippen LogP contribution in [0.25, 0.3) is 11.3 Å². The number of rotatable bonds is 6. The molecule has 0 aliphatic rings. The van der Waals surface area contributed by atoms with Crippen molar-refractivity contribution in [3.63, 3.8) is 0 Å². The summed E-state index contributed by atoms with van der Waals surface area (Å²) in [6.45, 7) is 3.44. The summed E-state index contributed by atoms with van der Waals surface area (Å²) < 4.78 is 12.7. The molecule has 20 heavy (non-hydrogen) atoms. The lowest BCUT2D eigenvalue weighted by Gasteiger charge is -2.15. The van der Waals surface area contributed by atoms with Gasteiger partial charge in [0.1, 0.15) is 0 Å². The zero-order valence-corrected chi connectivity index (χ0v) is 12.2. The molecular formula is C15H21N3O2. The van der Waals surface area contributed by atoms with E-state index in [1.165, 1.54) is 0 Å². The van der Waals surface area contributed by atoms with E-state index < -0.39 is 0 Å². The van der Waals surface area contributed by atoms with E-state index in [1.807, 2.05) is 29.1 Å². The van der Waals surface area contributed by atoms with Crippen molar-refractivity contribution in [2.45, 2.75) is 26.4 Å². The van der Waals surface area contributed by atoms with Gasteiger partial charge in [0.25, 0.3) is 0 Å². The first-order valence-corrected chi connectivity index (χ1v) is 6.72. The molecule has 0 saturated carbocycles. The van der Waals surface area contributed by atoms with Gasteiger partial charge in [0, 0.05) is 24.8 Å². The average molecular weight is 275 g/mol. The fourth-order valence-electron chi connectivity index (χ4n) is 2.28. The molecule has 5 heteroatoms. The van der Waals surface area contributed by atoms with Gasteiger partial charge in [-0.25, -0.2) is 0 Å². The van der Waals surface area contributed by atoms with Crippen molar-refractivity contribution in [3.8, 4) is 22.8 Å². The molecule has 0 radical (unpaired) electrons. The highest BCUT2D eigenvalue weighted by molar-refractivity contribution is 5.68. The van der Waals surface area contributed by atoms with Crippen molar-refractivity contribution in [1.29, 1.82) is 0 Å². The first-order chi connectivity index (χ1) is 9.74. The number of benzene rings is 1. The number of aromatic nitrogens is 2. The Hall–Kier alpha value is -2.01. The molecule has 2 aromatic rings. The standard InChI is InChI=1S/C15H21N3O2/c1-4-7-18-13(5-6-17-18)12-9-15(20-3)14(19-2)8-11(12)10-16/h5-6,8-9H,4,7,10,16H2,1-3H3. The van der Waals surface area contributed by atoms with Gasteiger partial charge >= 0.3 is 0 Å². The molecule has 0 fully saturated rings. The van der Waals surface area contributed by atoms with Gasteiger partial charge in [-0.2, -0.15) is 5.10 Å². The van der Waals surface area contributed by atoms with Crippen LogP contribution in [0, 0.1) is 0 Å². The first kappa shape index (κ1) is 14.4. The number of hydrogen-bond acceptors (Lipinski definition) is 4. The molecule has 108 valence electrons. The van der Waals surface area contributed by atoms with E-state index in [4.69, 9.17) is 15.2 Å². The van der Waals surface area contributed by atoms with Gasteiger partial charge in [0.2, 0.25) is 0 Å². The van der Waals surface area contributed by atoms with Crippen LogP contribution in [0.3, 0.4) is 0 Å². The molecule has 5 nitrogen and oxygen atoms in total. The van der Waals surface area contributed by atoms with Crippen LogP contribution in [0.15, 0.2) is 24.4 Å². The molecule has 0 saturated heterocycles. The SMILES string of the molecule is CCCn1nccc1-c1cc(OC)c(OC)cc1CN. The van der Waals surface area contributed by atoms with Gasteiger partial charge in [-0.3, -0.25) is 4.68 Å². The Kier molecular flexibility index (Phi) is 4.63. The van der Waals surface area contributed by atoms with Gasteiger partial charge in [-0.1, -0.05) is 6.92 Å². The van der Waals surface area contributed by atoms with E-state index in [9.17, 15) is 0 Å². The number of methoxy groups -OCH3 is 2. The molecule has 0 atom stereocenters. The summed E-state index contributed by atoms with van der Waals surface area (Å²) >= 11 is 0. The molecule has 0 amide bonds. The van der Waals surface area contributed by atoms with E-state index in [-0.39, 0.29) is 0 Å². The maximum atomic E-state index is 5.87. The summed E-state index contributed by atoms with van der Waals surface area (Å²) in [5.74, 6) is 1.39. The minimum atomic E-state index is 0.437. The second-order valence-corrected chi connectivity index (χ2v) is 4.51. The Morgan fingerprint density at radius 3 is 2.50 bits per heavy atom. The predicted octanol–water partition coefficient (Wildman–Crippen LogP) is 2.44. The zero-order chi connectivity index (χ0) is 14.5. The molecule has 0 aliphatic carbocycles. The third kappa shape index (κ3) is 2.63. The minimum Gasteiger partial charge on any atom is -0.493 e. The lowest BCUT2D eigenvalue weighted by molar-refractivity contribution is 0.354. The molecule has 1 heterocycles. The Labute approximate surface area is 119 Å². The van der Waals surface area contributed by atoms with Crippen molar-refractivity contribution in [2.75, 3.05) is 14.2 Å². The predicted molar refractivity (Wildman–Crippen MR) is 78.9 cm³/mol. The molecule has 0 spiro atoms. The summed E-state index contributed by atoms with van der Waals surface area (Å²) in [4.78, 5) is 0. The summed E-state index contributed by atoms with van der Waals surface area (Å²) in [5, 5.41) is 4.36. The van der Waals surface area contributed by atoms with Crippen LogP contribution in [0.1, 0.15) is 18.9 Å². The number of nitrogens with zero attached hydrogens (tertiary/aromatic N) is 2. The molecule has 1 aromatic carbocycles. The van der Waals surface area contributed by atoms with Gasteiger partial charge in [0.05, 0.1) is 19.9 Å². The van der Waals surface area contributed by atoms with Gasteiger partial charge in [-0.15, -0.1) is 0 Å². The van der Waals surface area contributed by atoms with E-state index in [2.05, 4.69) is 12.0 Å². The number of aryl methyl sites for hydroxylation is 1. The molecule has 0 unspecified atom stereocenters. The Bertz CT molecular complexity index is 578. The lowest BCUT2D eigenvalue weighted by atomic mass is 10.0. The van der Waals surface area contributed by atoms with Crippen LogP contribution in [0.4, 0.5) is 0 Å². The van der Waals surface area contributed by atoms with E-state index in [1.54, 1.807) is 14.2 Å². The highest BCUT2D eigenvalue weighted by Crippen LogP contribution is 2.35. The monoisotopic (exact) mass is 275 g/mol. The van der Waals surface area contributed by atoms with E-state index in [0.717, 1.165) is 29.8 Å². The number of nitrogens with two attached hydrogens (primary N) is 1. The topological polar surface area (TPSA) is 62.3 Å². The van der Waals surface area contributed by atoms with E-state index in [0.29, 0.717) is 18.0 Å². The van der Waals surface area contributed by atoms with Crippen LogP contribution in [-0.2, 0) is 13.1 Å². The third-order valence-corrected chi connectivity index (χ3v) is 3.26. The third-order valence-electron chi connectivity index (χ3n) is 3.26. The van der Waals surface area contributed by atoms with Crippen molar-refractivity contribution < 1.29 is 9.47 Å². The summed E-state index contributed by atoms with van der Waals surface area (Å²) in [5.41, 5.74) is 8.97. The molecule has 2 rings (SSSR count). The minimum absolute atomic E-state index is 0.437. The van der Waals surface area contributed by atoms with Crippen LogP contribution >= 0.6 is 0 Å². The second-order valence-electron chi connectivity index (χ2n) is 4.51. The normalized spacial score (nSPS) is 10.6. The molecule has 0 aliphatic heterocycles. The largest absolute Gasteiger partial charge is 0.493 e. The Balaban J connectivity index is 2.57. The zero-order valence-electron chi connectivity index (χ0n) is 12.2. The van der Waals surface area contributed by atoms with Crippen molar-refractivity contribution in [3.05, 3.63) is 30.0 Å². The molecule has 0 bridgehead atoms. The highest BCUT2D eigenvalue weighted by atomic mass is 16.5. The summed E-state index contributed by atoms with van der Waals surface area (Å²) in [6, 6.07) is 5.89. The fourth-order valence-corrected chi connectivity index (χ4v) is 2.28. The lowest BCUT2D eigenvalue weighted by Crippen LogP contribution is -2.06. The summed E-state index contributed by atoms with van der Waals surface area (Å²) in [6.07, 6.45) is 2.84. The molecular weight excluding hydrogens is 254 g/mol. The molecule has 2 N–H and O–H groups in total. The maximum Gasteiger partial charge on any atom is 0.161 e. The maximum absolute atomic E-state index is 5.87. The first-order valence-electron chi connectivity index (χ1n) is 6.72. The van der Waals surface area contributed by atoms with E-state index >= 15 is 0 Å². The quantitative estimate of drug-likeness (QED) is 0.879. The van der Waals surface area contributed by atoms with Crippen LogP contribution in [0.5, 0.6) is 11.5 Å². The average Bonchev–Trinajstić information content (AvgIpc) is 2.94. The number of ether oxygens (including phenoxy) is 2. The van der Waals surface area contributed by atoms with Gasteiger partial charge < -0.3 is 15.2 Å². The highest BCUT2D eigenvalue weighted by Gasteiger charge is 2.14. The van der Waals surface area contributed by atoms with Crippen LogP contribution in [-0.4, -0.2) is 24.0 Å². The Morgan fingerprint density at radius 1 is 1.20 bits per heavy atom. The summed E-state index contributed by atoms with van der Waals surface area (Å²) in [7, 11) is 3.26. The number of hydrogen-bond donors (Lipinski definition) is 1. The second kappa shape index (κ2) is 6.43. The Morgan fingerprint density at radius 2 is 1.90 bits per heavy atom. The molecule has 1 aromatic heterocycles. The van der Waals surface area contributed by atoms with Crippen molar-refractivity contribution >= 4 is 0 Å². The van der Waals surface area contributed by atoms with Gasteiger partial charge in [0.15, 0.2) is 11.5 Å².